The minimum Gasteiger partial charge on any atom is -0.288 e. The van der Waals surface area contributed by atoms with Crippen molar-refractivity contribution < 1.29 is 4.79 Å². The Bertz CT molecular complexity index is 473. The Morgan fingerprint density at radius 3 is 2.50 bits per heavy atom. The lowest BCUT2D eigenvalue weighted by Crippen LogP contribution is -1.96. The van der Waals surface area contributed by atoms with Crippen molar-refractivity contribution in [2.45, 2.75) is 0 Å². The van der Waals surface area contributed by atoms with Crippen LogP contribution in [0.2, 0.25) is 0 Å². The summed E-state index contributed by atoms with van der Waals surface area (Å²) in [6.45, 7) is 0. The molecular formula is C9H4Br2OS2. The molecule has 14 heavy (non-hydrogen) atoms. The van der Waals surface area contributed by atoms with Gasteiger partial charge in [-0.2, -0.15) is 11.3 Å². The van der Waals surface area contributed by atoms with Crippen LogP contribution in [-0.2, 0) is 0 Å². The fourth-order valence-electron chi connectivity index (χ4n) is 1.01. The second-order valence-corrected chi connectivity index (χ2v) is 6.63. The number of carbonyl (C=O) groups is 1. The molecule has 72 valence electrons. The molecule has 2 rings (SSSR count). The van der Waals surface area contributed by atoms with Crippen LogP contribution in [0.5, 0.6) is 0 Å². The van der Waals surface area contributed by atoms with Gasteiger partial charge in [0, 0.05) is 20.8 Å². The Morgan fingerprint density at radius 1 is 1.21 bits per heavy atom. The van der Waals surface area contributed by atoms with Crippen molar-refractivity contribution in [3.8, 4) is 0 Å². The summed E-state index contributed by atoms with van der Waals surface area (Å²) in [6.07, 6.45) is 0. The zero-order chi connectivity index (χ0) is 10.1. The van der Waals surface area contributed by atoms with Crippen molar-refractivity contribution in [3.05, 3.63) is 41.6 Å². The highest BCUT2D eigenvalue weighted by Crippen LogP contribution is 2.28. The number of hydrogen-bond donors (Lipinski definition) is 0. The summed E-state index contributed by atoms with van der Waals surface area (Å²) >= 11 is 9.67. The fraction of sp³-hybridized carbons (Fsp3) is 0. The Hall–Kier alpha value is 0.0300. The number of ketones is 1. The van der Waals surface area contributed by atoms with E-state index in [1.165, 1.54) is 22.7 Å². The SMILES string of the molecule is O=C(c1ccc(Br)s1)c1cscc1Br. The highest BCUT2D eigenvalue weighted by atomic mass is 79.9. The topological polar surface area (TPSA) is 17.1 Å². The number of halogens is 2. The van der Waals surface area contributed by atoms with Gasteiger partial charge in [0.05, 0.1) is 8.66 Å². The van der Waals surface area contributed by atoms with Crippen molar-refractivity contribution in [3.63, 3.8) is 0 Å². The molecule has 0 bridgehead atoms. The maximum atomic E-state index is 11.9. The summed E-state index contributed by atoms with van der Waals surface area (Å²) in [5, 5.41) is 3.77. The summed E-state index contributed by atoms with van der Waals surface area (Å²) in [4.78, 5) is 12.7. The van der Waals surface area contributed by atoms with E-state index < -0.39 is 0 Å². The first kappa shape index (κ1) is 10.5. The first-order valence-corrected chi connectivity index (χ1v) is 7.05. The molecule has 0 fully saturated rings. The van der Waals surface area contributed by atoms with Crippen LogP contribution >= 0.6 is 54.5 Å². The van der Waals surface area contributed by atoms with Gasteiger partial charge in [-0.25, -0.2) is 0 Å². The van der Waals surface area contributed by atoms with Crippen LogP contribution in [0.1, 0.15) is 15.2 Å². The van der Waals surface area contributed by atoms with Crippen molar-refractivity contribution in [1.82, 2.24) is 0 Å². The third-order valence-corrected chi connectivity index (χ3v) is 4.98. The molecule has 0 N–H and O–H groups in total. The van der Waals surface area contributed by atoms with E-state index in [2.05, 4.69) is 31.9 Å². The maximum absolute atomic E-state index is 11.9. The monoisotopic (exact) mass is 350 g/mol. The first-order chi connectivity index (χ1) is 6.68. The van der Waals surface area contributed by atoms with E-state index in [9.17, 15) is 4.79 Å². The van der Waals surface area contributed by atoms with Crippen LogP contribution in [-0.4, -0.2) is 5.78 Å². The zero-order valence-electron chi connectivity index (χ0n) is 6.79. The second-order valence-electron chi connectivity index (χ2n) is 2.57. The molecule has 0 aliphatic heterocycles. The fourth-order valence-corrected chi connectivity index (χ4v) is 3.81. The van der Waals surface area contributed by atoms with Gasteiger partial charge in [-0.1, -0.05) is 0 Å². The van der Waals surface area contributed by atoms with Crippen LogP contribution in [0.25, 0.3) is 0 Å². The molecule has 1 nitrogen and oxygen atoms in total. The molecule has 0 atom stereocenters. The molecule has 0 saturated carbocycles. The number of hydrogen-bond acceptors (Lipinski definition) is 3. The van der Waals surface area contributed by atoms with Gasteiger partial charge in [0.15, 0.2) is 0 Å². The molecule has 5 heteroatoms. The van der Waals surface area contributed by atoms with Crippen LogP contribution < -0.4 is 0 Å². The smallest absolute Gasteiger partial charge is 0.204 e. The number of thiophene rings is 2. The van der Waals surface area contributed by atoms with Gasteiger partial charge in [-0.05, 0) is 44.0 Å². The lowest BCUT2D eigenvalue weighted by Gasteiger charge is -1.93. The minimum atomic E-state index is 0.0776. The highest BCUT2D eigenvalue weighted by molar-refractivity contribution is 9.11. The quantitative estimate of drug-likeness (QED) is 0.724. The van der Waals surface area contributed by atoms with E-state index >= 15 is 0 Å². The number of rotatable bonds is 2. The summed E-state index contributed by atoms with van der Waals surface area (Å²) in [6, 6.07) is 3.72. The van der Waals surface area contributed by atoms with Gasteiger partial charge in [-0.15, -0.1) is 11.3 Å². The van der Waals surface area contributed by atoms with E-state index in [4.69, 9.17) is 0 Å². The largest absolute Gasteiger partial charge is 0.288 e. The zero-order valence-corrected chi connectivity index (χ0v) is 11.6. The normalized spacial score (nSPS) is 10.4. The Morgan fingerprint density at radius 2 is 2.00 bits per heavy atom. The van der Waals surface area contributed by atoms with Crippen molar-refractivity contribution in [1.29, 1.82) is 0 Å². The van der Waals surface area contributed by atoms with Crippen LogP contribution in [0.3, 0.4) is 0 Å². The minimum absolute atomic E-state index is 0.0776. The summed E-state index contributed by atoms with van der Waals surface area (Å²) in [5.74, 6) is 0.0776. The lowest BCUT2D eigenvalue weighted by atomic mass is 10.2. The molecule has 0 spiro atoms. The standard InChI is InChI=1S/C9H4Br2OS2/c10-6-4-13-3-5(6)9(12)7-1-2-8(11)14-7/h1-4H. The van der Waals surface area contributed by atoms with E-state index in [1.807, 2.05) is 22.9 Å². The first-order valence-electron chi connectivity index (χ1n) is 3.70. The summed E-state index contributed by atoms with van der Waals surface area (Å²) in [7, 11) is 0. The van der Waals surface area contributed by atoms with E-state index in [1.54, 1.807) is 0 Å². The van der Waals surface area contributed by atoms with E-state index in [0.29, 0.717) is 0 Å². The van der Waals surface area contributed by atoms with Crippen LogP contribution in [0.15, 0.2) is 31.2 Å². The van der Waals surface area contributed by atoms with Gasteiger partial charge in [-0.3, -0.25) is 4.79 Å². The number of carbonyl (C=O) groups excluding carboxylic acids is 1. The molecule has 2 heterocycles. The molecule has 2 aromatic rings. The molecule has 0 radical (unpaired) electrons. The maximum Gasteiger partial charge on any atom is 0.204 e. The molecule has 0 unspecified atom stereocenters. The third kappa shape index (κ3) is 2.00. The highest BCUT2D eigenvalue weighted by Gasteiger charge is 2.14. The van der Waals surface area contributed by atoms with E-state index in [-0.39, 0.29) is 5.78 Å². The predicted octanol–water partition coefficient (Wildman–Crippen LogP) is 4.57. The van der Waals surface area contributed by atoms with Crippen molar-refractivity contribution >= 4 is 60.3 Å². The Labute approximate surface area is 106 Å². The summed E-state index contributed by atoms with van der Waals surface area (Å²) in [5.41, 5.74) is 0.740. The van der Waals surface area contributed by atoms with Gasteiger partial charge >= 0.3 is 0 Å². The third-order valence-electron chi connectivity index (χ3n) is 1.66. The van der Waals surface area contributed by atoms with Gasteiger partial charge in [0.2, 0.25) is 5.78 Å². The second kappa shape index (κ2) is 4.26. The van der Waals surface area contributed by atoms with Gasteiger partial charge in [0.1, 0.15) is 0 Å². The van der Waals surface area contributed by atoms with Crippen LogP contribution in [0.4, 0.5) is 0 Å². The van der Waals surface area contributed by atoms with Crippen molar-refractivity contribution in [2.24, 2.45) is 0 Å². The Kier molecular flexibility index (Phi) is 3.21. The molecule has 0 aliphatic carbocycles. The predicted molar refractivity (Wildman–Crippen MR) is 67.5 cm³/mol. The molecular weight excluding hydrogens is 348 g/mol. The van der Waals surface area contributed by atoms with Gasteiger partial charge < -0.3 is 0 Å². The average Bonchev–Trinajstić information content (AvgIpc) is 2.73. The van der Waals surface area contributed by atoms with Crippen LogP contribution in [0, 0.1) is 0 Å². The van der Waals surface area contributed by atoms with Crippen molar-refractivity contribution in [2.75, 3.05) is 0 Å². The lowest BCUT2D eigenvalue weighted by molar-refractivity contribution is 0.104. The average molecular weight is 352 g/mol. The Balaban J connectivity index is 2.38. The molecule has 0 saturated heterocycles. The summed E-state index contributed by atoms with van der Waals surface area (Å²) < 4.78 is 1.85. The molecule has 0 aromatic carbocycles. The van der Waals surface area contributed by atoms with Gasteiger partial charge in [0.25, 0.3) is 0 Å². The molecule has 0 amide bonds. The van der Waals surface area contributed by atoms with E-state index in [0.717, 1.165) is 18.7 Å². The molecule has 2 aromatic heterocycles. The molecule has 0 aliphatic rings.